The van der Waals surface area contributed by atoms with E-state index in [9.17, 15) is 34.9 Å². The van der Waals surface area contributed by atoms with Gasteiger partial charge >= 0.3 is 5.97 Å². The molecule has 0 atom stereocenters. The van der Waals surface area contributed by atoms with Crippen LogP contribution < -0.4 is 10.1 Å². The Morgan fingerprint density at radius 2 is 1.61 bits per heavy atom. The van der Waals surface area contributed by atoms with Crippen LogP contribution in [0.2, 0.25) is 0 Å². The van der Waals surface area contributed by atoms with Gasteiger partial charge in [0, 0.05) is 35.3 Å². The summed E-state index contributed by atoms with van der Waals surface area (Å²) in [5, 5.41) is 43.8. The first kappa shape index (κ1) is 25.4. The van der Waals surface area contributed by atoms with E-state index >= 15 is 0 Å². The summed E-state index contributed by atoms with van der Waals surface area (Å²) >= 11 is 0. The molecule has 0 heterocycles. The topological polar surface area (TPSA) is 187 Å². The number of hydrogen-bond acceptors (Lipinski definition) is 9. The third-order valence-corrected chi connectivity index (χ3v) is 5.43. The molecule has 4 aromatic carbocycles. The van der Waals surface area contributed by atoms with Gasteiger partial charge in [-0.25, -0.2) is 4.79 Å². The summed E-state index contributed by atoms with van der Waals surface area (Å²) in [7, 11) is 1.33. The van der Waals surface area contributed by atoms with Gasteiger partial charge in [-0.3, -0.25) is 25.0 Å². The fourth-order valence-corrected chi connectivity index (χ4v) is 3.70. The minimum atomic E-state index is -1.49. The second kappa shape index (κ2) is 10.5. The maximum absolute atomic E-state index is 13.2. The number of carboxylic acids is 1. The highest BCUT2D eigenvalue weighted by Crippen LogP contribution is 2.37. The molecule has 13 nitrogen and oxygen atoms in total. The number of amides is 1. The average Bonchev–Trinajstić information content (AvgIpc) is 2.90. The van der Waals surface area contributed by atoms with Gasteiger partial charge in [-0.1, -0.05) is 30.3 Å². The monoisotopic (exact) mass is 515 g/mol. The number of fused-ring (bicyclic) bond motifs is 1. The lowest BCUT2D eigenvalue weighted by atomic mass is 9.97. The second-order valence-electron chi connectivity index (χ2n) is 7.75. The van der Waals surface area contributed by atoms with Crippen LogP contribution in [0.4, 0.5) is 28.4 Å². The maximum Gasteiger partial charge on any atom is 0.338 e. The largest absolute Gasteiger partial charge is 0.494 e. The number of nitro groups is 2. The van der Waals surface area contributed by atoms with Crippen LogP contribution in [0, 0.1) is 20.2 Å². The third kappa shape index (κ3) is 5.11. The van der Waals surface area contributed by atoms with E-state index in [4.69, 9.17) is 4.74 Å². The predicted octanol–water partition coefficient (Wildman–Crippen LogP) is 6.03. The number of non-ortho nitro benzene ring substituents is 2. The Morgan fingerprint density at radius 1 is 0.895 bits per heavy atom. The first-order chi connectivity index (χ1) is 18.2. The van der Waals surface area contributed by atoms with E-state index in [-0.39, 0.29) is 39.7 Å². The molecule has 0 aromatic heterocycles. The number of nitrogens with zero attached hydrogens (tertiary/aromatic N) is 4. The number of azo groups is 1. The number of aromatic carboxylic acids is 1. The molecule has 2 N–H and O–H groups in total. The number of rotatable bonds is 8. The smallest absolute Gasteiger partial charge is 0.338 e. The van der Waals surface area contributed by atoms with Gasteiger partial charge in [0.25, 0.3) is 17.3 Å². The molecule has 0 bridgehead atoms. The fraction of sp³-hybridized carbons (Fsp3) is 0.0400. The van der Waals surface area contributed by atoms with E-state index in [1.54, 1.807) is 24.3 Å². The summed E-state index contributed by atoms with van der Waals surface area (Å²) in [5.41, 5.74) is -1.43. The zero-order valence-electron chi connectivity index (χ0n) is 19.5. The zero-order chi connectivity index (χ0) is 27.4. The van der Waals surface area contributed by atoms with Crippen molar-refractivity contribution in [2.24, 2.45) is 10.2 Å². The molecule has 0 aliphatic heterocycles. The molecule has 0 aliphatic rings. The van der Waals surface area contributed by atoms with Crippen LogP contribution in [0.1, 0.15) is 20.7 Å². The van der Waals surface area contributed by atoms with Crippen LogP contribution in [-0.4, -0.2) is 33.9 Å². The molecule has 0 saturated heterocycles. The second-order valence-corrected chi connectivity index (χ2v) is 7.75. The number of carboxylic acid groups (broad SMARTS) is 1. The lowest BCUT2D eigenvalue weighted by molar-refractivity contribution is -0.385. The molecular formula is C25H17N5O8. The SMILES string of the molecule is COc1ccc([N+](=O)[O-])cc1N=Nc1c(C(=O)O)c(C(=O)Nc2cccc([N+](=O)[O-])c2)cc2ccccc12. The number of hydrogen-bond donors (Lipinski definition) is 2. The molecule has 0 unspecified atom stereocenters. The van der Waals surface area contributed by atoms with Crippen LogP contribution in [-0.2, 0) is 0 Å². The lowest BCUT2D eigenvalue weighted by Gasteiger charge is -2.13. The molecule has 0 spiro atoms. The number of ether oxygens (including phenoxy) is 1. The average molecular weight is 515 g/mol. The number of methoxy groups -OCH3 is 1. The molecule has 4 rings (SSSR count). The molecule has 13 heteroatoms. The Bertz CT molecular complexity index is 1650. The van der Waals surface area contributed by atoms with Crippen molar-refractivity contribution in [3.63, 3.8) is 0 Å². The highest BCUT2D eigenvalue weighted by Gasteiger charge is 2.24. The van der Waals surface area contributed by atoms with Gasteiger partial charge in [-0.2, -0.15) is 0 Å². The maximum atomic E-state index is 13.2. The van der Waals surface area contributed by atoms with Crippen LogP contribution in [0.3, 0.4) is 0 Å². The quantitative estimate of drug-likeness (QED) is 0.162. The van der Waals surface area contributed by atoms with E-state index in [0.717, 1.165) is 12.1 Å². The van der Waals surface area contributed by atoms with Crippen LogP contribution in [0.5, 0.6) is 5.75 Å². The van der Waals surface area contributed by atoms with E-state index in [1.165, 1.54) is 43.5 Å². The molecule has 0 saturated carbocycles. The van der Waals surface area contributed by atoms with Crippen molar-refractivity contribution in [2.45, 2.75) is 0 Å². The van der Waals surface area contributed by atoms with E-state index in [0.29, 0.717) is 10.8 Å². The highest BCUT2D eigenvalue weighted by molar-refractivity contribution is 6.17. The van der Waals surface area contributed by atoms with E-state index < -0.39 is 27.3 Å². The molecule has 0 aliphatic carbocycles. The number of carbonyl (C=O) groups is 2. The summed E-state index contributed by atoms with van der Waals surface area (Å²) in [6.45, 7) is 0. The first-order valence-corrected chi connectivity index (χ1v) is 10.8. The standard InChI is InChI=1S/C25H17N5O8/c1-38-21-10-9-17(30(36)37)13-20(21)27-28-23-18-8-3-2-5-14(18)11-19(22(23)25(32)33)24(31)26-15-6-4-7-16(12-15)29(34)35/h2-13H,1H3,(H,26,31)(H,32,33). The van der Waals surface area contributed by atoms with Crippen molar-refractivity contribution < 1.29 is 29.3 Å². The minimum absolute atomic E-state index is 0.0337. The molecule has 190 valence electrons. The summed E-state index contributed by atoms with van der Waals surface area (Å²) in [6.07, 6.45) is 0. The fourth-order valence-electron chi connectivity index (χ4n) is 3.70. The third-order valence-electron chi connectivity index (χ3n) is 5.43. The van der Waals surface area contributed by atoms with Crippen molar-refractivity contribution in [2.75, 3.05) is 12.4 Å². The van der Waals surface area contributed by atoms with Crippen molar-refractivity contribution in [3.8, 4) is 5.75 Å². The first-order valence-electron chi connectivity index (χ1n) is 10.8. The molecule has 0 radical (unpaired) electrons. The van der Waals surface area contributed by atoms with Gasteiger partial charge in [0.2, 0.25) is 0 Å². The van der Waals surface area contributed by atoms with Gasteiger partial charge in [0.1, 0.15) is 22.7 Å². The summed E-state index contributed by atoms with van der Waals surface area (Å²) in [4.78, 5) is 46.6. The van der Waals surface area contributed by atoms with Gasteiger partial charge in [-0.05, 0) is 23.6 Å². The lowest BCUT2D eigenvalue weighted by Crippen LogP contribution is -2.17. The van der Waals surface area contributed by atoms with Gasteiger partial charge in [-0.15, -0.1) is 10.2 Å². The number of nitro benzene ring substituents is 2. The summed E-state index contributed by atoms with van der Waals surface area (Å²) in [6, 6.07) is 16.7. The Hall–Kier alpha value is -5.72. The summed E-state index contributed by atoms with van der Waals surface area (Å²) < 4.78 is 5.18. The molecule has 38 heavy (non-hydrogen) atoms. The van der Waals surface area contributed by atoms with Gasteiger partial charge < -0.3 is 15.2 Å². The number of anilines is 1. The Morgan fingerprint density at radius 3 is 2.29 bits per heavy atom. The van der Waals surface area contributed by atoms with E-state index in [2.05, 4.69) is 15.5 Å². The molecular weight excluding hydrogens is 498 g/mol. The molecule has 0 fully saturated rings. The zero-order valence-corrected chi connectivity index (χ0v) is 19.5. The Labute approximate surface area is 213 Å². The number of nitrogens with one attached hydrogen (secondary N) is 1. The predicted molar refractivity (Wildman–Crippen MR) is 136 cm³/mol. The number of carbonyl (C=O) groups excluding carboxylic acids is 1. The summed E-state index contributed by atoms with van der Waals surface area (Å²) in [5.74, 6) is -2.18. The van der Waals surface area contributed by atoms with Crippen LogP contribution in [0.25, 0.3) is 10.8 Å². The van der Waals surface area contributed by atoms with Crippen molar-refractivity contribution in [3.05, 3.63) is 104 Å². The van der Waals surface area contributed by atoms with Crippen molar-refractivity contribution >= 4 is 51.1 Å². The normalized spacial score (nSPS) is 10.9. The Kier molecular flexibility index (Phi) is 7.01. The molecule has 1 amide bonds. The van der Waals surface area contributed by atoms with Gasteiger partial charge in [0.05, 0.1) is 22.5 Å². The number of benzene rings is 4. The van der Waals surface area contributed by atoms with E-state index in [1.807, 2.05) is 0 Å². The van der Waals surface area contributed by atoms with Crippen LogP contribution >= 0.6 is 0 Å². The van der Waals surface area contributed by atoms with Gasteiger partial charge in [0.15, 0.2) is 0 Å². The van der Waals surface area contributed by atoms with Crippen LogP contribution in [0.15, 0.2) is 83.0 Å². The highest BCUT2D eigenvalue weighted by atomic mass is 16.6. The molecule has 4 aromatic rings. The Balaban J connectivity index is 1.87. The van der Waals surface area contributed by atoms with Crippen molar-refractivity contribution in [1.82, 2.24) is 0 Å². The minimum Gasteiger partial charge on any atom is -0.494 e. The van der Waals surface area contributed by atoms with Crippen molar-refractivity contribution in [1.29, 1.82) is 0 Å².